The minimum atomic E-state index is -0.332. The molecule has 0 aromatic carbocycles. The zero-order chi connectivity index (χ0) is 28.0. The molecule has 0 heterocycles. The summed E-state index contributed by atoms with van der Waals surface area (Å²) in [5.41, 5.74) is -0.446. The van der Waals surface area contributed by atoms with Gasteiger partial charge in [0.15, 0.2) is 0 Å². The highest BCUT2D eigenvalue weighted by Gasteiger charge is 2.68. The lowest BCUT2D eigenvalue weighted by atomic mass is 9.43. The molecule has 11 atom stereocenters. The van der Waals surface area contributed by atoms with Gasteiger partial charge >= 0.3 is 17.9 Å². The summed E-state index contributed by atoms with van der Waals surface area (Å²) < 4.78 is 16.9. The minimum absolute atomic E-state index is 0.0670. The maximum atomic E-state index is 14.1. The Bertz CT molecular complexity index is 951. The molecule has 0 bridgehead atoms. The van der Waals surface area contributed by atoms with Crippen molar-refractivity contribution < 1.29 is 33.4 Å². The predicted molar refractivity (Wildman–Crippen MR) is 145 cm³/mol. The molecular weight excluding hydrogens is 552 g/mol. The highest BCUT2D eigenvalue weighted by atomic mass is 79.9. The van der Waals surface area contributed by atoms with Crippen LogP contribution in [-0.4, -0.2) is 47.3 Å². The van der Waals surface area contributed by atoms with E-state index in [1.54, 1.807) is 0 Å². The van der Waals surface area contributed by atoms with E-state index < -0.39 is 0 Å². The van der Waals surface area contributed by atoms with Crippen molar-refractivity contribution in [3.05, 3.63) is 0 Å². The van der Waals surface area contributed by atoms with Gasteiger partial charge in [-0.3, -0.25) is 19.2 Å². The van der Waals surface area contributed by atoms with Gasteiger partial charge in [-0.15, -0.1) is 0 Å². The Balaban J connectivity index is 1.64. The van der Waals surface area contributed by atoms with E-state index in [0.29, 0.717) is 25.9 Å². The Hall–Kier alpha value is -1.44. The molecule has 0 aliphatic heterocycles. The lowest BCUT2D eigenvalue weighted by Crippen LogP contribution is -2.64. The molecule has 4 aliphatic carbocycles. The molecule has 7 nitrogen and oxygen atoms in total. The van der Waals surface area contributed by atoms with Gasteiger partial charge in [0, 0.05) is 31.6 Å². The van der Waals surface area contributed by atoms with Crippen LogP contribution in [0.4, 0.5) is 0 Å². The van der Waals surface area contributed by atoms with Crippen molar-refractivity contribution in [3.8, 4) is 0 Å². The summed E-state index contributed by atoms with van der Waals surface area (Å²) in [5, 5.41) is 0. The fourth-order valence-corrected chi connectivity index (χ4v) is 10.4. The number of hydrogen-bond acceptors (Lipinski definition) is 7. The van der Waals surface area contributed by atoms with Crippen LogP contribution in [0.1, 0.15) is 92.9 Å². The summed E-state index contributed by atoms with van der Waals surface area (Å²) in [7, 11) is 0. The predicted octanol–water partition coefficient (Wildman–Crippen LogP) is 5.65. The molecule has 4 aliphatic rings. The standard InChI is InChI=1S/C30H45BrO7/c1-7-36-25(34)11-8-16(2)20-9-10-21-26-22(15-24(30(20,21)6)38-18(4)33)29(5)13-12-19(37-17(3)32)14-23(29)27(31)28(26)35/h16,19-24,26-27H,7-15H2,1-6H3/t16-,19-,20+,21-,22-,23+,24+,26+,27-,29-,30+/m1/s1. The molecule has 0 spiro atoms. The number of ether oxygens (including phenoxy) is 3. The van der Waals surface area contributed by atoms with Crippen LogP contribution in [0.5, 0.6) is 0 Å². The van der Waals surface area contributed by atoms with Crippen LogP contribution in [0, 0.1) is 46.3 Å². The highest BCUT2D eigenvalue weighted by Crippen LogP contribution is 2.68. The summed E-state index contributed by atoms with van der Waals surface area (Å²) in [6.45, 7) is 11.9. The first-order chi connectivity index (χ1) is 17.8. The molecule has 0 N–H and O–H groups in total. The van der Waals surface area contributed by atoms with Crippen LogP contribution in [-0.2, 0) is 33.4 Å². The fraction of sp³-hybridized carbons (Fsp3) is 0.867. The number of ketones is 1. The van der Waals surface area contributed by atoms with E-state index in [2.05, 4.69) is 36.7 Å². The van der Waals surface area contributed by atoms with Gasteiger partial charge in [-0.1, -0.05) is 36.7 Å². The fourth-order valence-electron chi connectivity index (χ4n) is 9.31. The summed E-state index contributed by atoms with van der Waals surface area (Å²) in [5.74, 6) is 0.235. The monoisotopic (exact) mass is 596 g/mol. The van der Waals surface area contributed by atoms with Gasteiger partial charge in [0.2, 0.25) is 0 Å². The second-order valence-electron chi connectivity index (χ2n) is 12.9. The van der Waals surface area contributed by atoms with Crippen LogP contribution in [0.2, 0.25) is 0 Å². The third-order valence-electron chi connectivity index (χ3n) is 11.0. The van der Waals surface area contributed by atoms with Gasteiger partial charge in [-0.25, -0.2) is 0 Å². The van der Waals surface area contributed by atoms with Crippen molar-refractivity contribution >= 4 is 39.6 Å². The van der Waals surface area contributed by atoms with Crippen LogP contribution in [0.15, 0.2) is 0 Å². The maximum Gasteiger partial charge on any atom is 0.305 e. The number of Topliss-reactive ketones (excluding diaryl/α,β-unsaturated/α-hetero) is 1. The first-order valence-corrected chi connectivity index (χ1v) is 15.4. The molecule has 0 amide bonds. The van der Waals surface area contributed by atoms with Gasteiger partial charge in [0.1, 0.15) is 18.0 Å². The molecule has 4 saturated carbocycles. The number of esters is 3. The van der Waals surface area contributed by atoms with Crippen molar-refractivity contribution in [1.29, 1.82) is 0 Å². The third-order valence-corrected chi connectivity index (χ3v) is 12.1. The Labute approximate surface area is 235 Å². The number of rotatable bonds is 7. The molecule has 0 radical (unpaired) electrons. The molecule has 0 unspecified atom stereocenters. The van der Waals surface area contributed by atoms with Gasteiger partial charge in [-0.2, -0.15) is 0 Å². The Morgan fingerprint density at radius 3 is 2.32 bits per heavy atom. The molecule has 8 heteroatoms. The van der Waals surface area contributed by atoms with E-state index in [4.69, 9.17) is 14.2 Å². The number of alkyl halides is 1. The first-order valence-electron chi connectivity index (χ1n) is 14.5. The van der Waals surface area contributed by atoms with Gasteiger partial charge < -0.3 is 14.2 Å². The van der Waals surface area contributed by atoms with Crippen LogP contribution in [0.25, 0.3) is 0 Å². The van der Waals surface area contributed by atoms with E-state index in [1.165, 1.54) is 13.8 Å². The van der Waals surface area contributed by atoms with Crippen molar-refractivity contribution in [2.75, 3.05) is 6.61 Å². The SMILES string of the molecule is CCOC(=O)CC[C@@H](C)[C@@H]1CC[C@@H]2[C@@H]3C(=O)[C@H](Br)[C@@H]4C[C@H](OC(C)=O)CC[C@]4(C)[C@@H]3C[C@H](OC(C)=O)[C@]21C. The molecule has 214 valence electrons. The molecule has 0 saturated heterocycles. The molecular formula is C30H45BrO7. The van der Waals surface area contributed by atoms with E-state index in [0.717, 1.165) is 32.1 Å². The number of fused-ring (bicyclic) bond motifs is 5. The first kappa shape index (κ1) is 29.5. The highest BCUT2D eigenvalue weighted by molar-refractivity contribution is 9.10. The number of carbonyl (C=O) groups is 4. The zero-order valence-corrected chi connectivity index (χ0v) is 25.4. The molecule has 0 aromatic heterocycles. The summed E-state index contributed by atoms with van der Waals surface area (Å²) in [6.07, 6.45) is 5.56. The quantitative estimate of drug-likeness (QED) is 0.213. The Morgan fingerprint density at radius 2 is 1.68 bits per heavy atom. The van der Waals surface area contributed by atoms with Crippen LogP contribution in [0.3, 0.4) is 0 Å². The number of carbonyl (C=O) groups excluding carboxylic acids is 4. The van der Waals surface area contributed by atoms with Crippen molar-refractivity contribution in [3.63, 3.8) is 0 Å². The number of hydrogen-bond donors (Lipinski definition) is 0. The number of halogens is 1. The average molecular weight is 598 g/mol. The third kappa shape index (κ3) is 5.08. The normalized spacial score (nSPS) is 42.8. The van der Waals surface area contributed by atoms with E-state index in [1.807, 2.05) is 6.92 Å². The largest absolute Gasteiger partial charge is 0.466 e. The lowest BCUT2D eigenvalue weighted by molar-refractivity contribution is -0.196. The van der Waals surface area contributed by atoms with Gasteiger partial charge in [0.25, 0.3) is 0 Å². The molecule has 4 rings (SSSR count). The van der Waals surface area contributed by atoms with E-state index in [-0.39, 0.29) is 87.1 Å². The van der Waals surface area contributed by atoms with Gasteiger partial charge in [0.05, 0.1) is 11.4 Å². The molecule has 4 fully saturated rings. The second-order valence-corrected chi connectivity index (χ2v) is 13.9. The van der Waals surface area contributed by atoms with Crippen LogP contribution < -0.4 is 0 Å². The minimum Gasteiger partial charge on any atom is -0.466 e. The van der Waals surface area contributed by atoms with Crippen molar-refractivity contribution in [2.24, 2.45) is 46.3 Å². The van der Waals surface area contributed by atoms with E-state index >= 15 is 0 Å². The summed E-state index contributed by atoms with van der Waals surface area (Å²) in [6, 6.07) is 0. The van der Waals surface area contributed by atoms with Crippen LogP contribution >= 0.6 is 15.9 Å². The summed E-state index contributed by atoms with van der Waals surface area (Å²) >= 11 is 3.83. The maximum absolute atomic E-state index is 14.1. The molecule has 38 heavy (non-hydrogen) atoms. The topological polar surface area (TPSA) is 96.0 Å². The average Bonchev–Trinajstić information content (AvgIpc) is 3.20. The Morgan fingerprint density at radius 1 is 1.00 bits per heavy atom. The zero-order valence-electron chi connectivity index (χ0n) is 23.8. The smallest absolute Gasteiger partial charge is 0.305 e. The van der Waals surface area contributed by atoms with Crippen molar-refractivity contribution in [1.82, 2.24) is 0 Å². The van der Waals surface area contributed by atoms with Gasteiger partial charge in [-0.05, 0) is 86.9 Å². The van der Waals surface area contributed by atoms with Crippen molar-refractivity contribution in [2.45, 2.75) is 110 Å². The second kappa shape index (κ2) is 11.2. The van der Waals surface area contributed by atoms with E-state index in [9.17, 15) is 19.2 Å². The Kier molecular flexibility index (Phi) is 8.71. The lowest BCUT2D eigenvalue weighted by Gasteiger charge is -2.63. The molecule has 0 aromatic rings. The summed E-state index contributed by atoms with van der Waals surface area (Å²) in [4.78, 5) is 50.0.